The number of nitrogens with zero attached hydrogens (tertiary/aromatic N) is 2. The van der Waals surface area contributed by atoms with Gasteiger partial charge in [0.2, 0.25) is 11.8 Å². The van der Waals surface area contributed by atoms with E-state index in [1.165, 1.54) is 12.1 Å². The number of halogens is 1. The van der Waals surface area contributed by atoms with Crippen molar-refractivity contribution < 1.29 is 14.0 Å². The second-order valence-electron chi connectivity index (χ2n) is 6.09. The highest BCUT2D eigenvalue weighted by atomic mass is 32.1. The van der Waals surface area contributed by atoms with E-state index in [-0.39, 0.29) is 30.1 Å². The van der Waals surface area contributed by atoms with Crippen molar-refractivity contribution in [2.45, 2.75) is 19.0 Å². The van der Waals surface area contributed by atoms with Crippen molar-refractivity contribution in [1.29, 1.82) is 0 Å². The number of amides is 2. The van der Waals surface area contributed by atoms with Gasteiger partial charge < -0.3 is 9.80 Å². The van der Waals surface area contributed by atoms with Gasteiger partial charge in [-0.3, -0.25) is 9.59 Å². The lowest BCUT2D eigenvalue weighted by atomic mass is 9.92. The third-order valence-corrected chi connectivity index (χ3v) is 5.33. The molecule has 0 radical (unpaired) electrons. The summed E-state index contributed by atoms with van der Waals surface area (Å²) in [5, 5.41) is 1.97. The van der Waals surface area contributed by atoms with Gasteiger partial charge in [-0.1, -0.05) is 18.2 Å². The predicted molar refractivity (Wildman–Crippen MR) is 90.8 cm³/mol. The van der Waals surface area contributed by atoms with Crippen LogP contribution in [-0.2, 0) is 16.1 Å². The molecule has 4 nitrogen and oxygen atoms in total. The van der Waals surface area contributed by atoms with Gasteiger partial charge >= 0.3 is 0 Å². The summed E-state index contributed by atoms with van der Waals surface area (Å²) in [6, 6.07) is 9.61. The molecule has 1 fully saturated rings. The SMILES string of the molecule is CN(Cc1cccs1)C(=O)C1CC(=O)N(C)C1c1ccc(F)cc1. The molecule has 0 spiro atoms. The Kier molecular flexibility index (Phi) is 4.66. The summed E-state index contributed by atoms with van der Waals surface area (Å²) in [7, 11) is 3.45. The highest BCUT2D eigenvalue weighted by Gasteiger charge is 2.43. The molecule has 0 bridgehead atoms. The molecular weight excluding hydrogens is 327 g/mol. The average molecular weight is 346 g/mol. The molecule has 3 rings (SSSR count). The summed E-state index contributed by atoms with van der Waals surface area (Å²) in [5.74, 6) is -0.899. The van der Waals surface area contributed by atoms with Gasteiger partial charge in [-0.05, 0) is 29.1 Å². The molecule has 0 saturated carbocycles. The van der Waals surface area contributed by atoms with Gasteiger partial charge in [-0.25, -0.2) is 4.39 Å². The summed E-state index contributed by atoms with van der Waals surface area (Å²) in [4.78, 5) is 29.4. The molecule has 126 valence electrons. The fourth-order valence-corrected chi connectivity index (χ4v) is 3.96. The van der Waals surface area contributed by atoms with Crippen molar-refractivity contribution in [2.24, 2.45) is 5.92 Å². The van der Waals surface area contributed by atoms with E-state index in [0.717, 1.165) is 10.4 Å². The Hall–Kier alpha value is -2.21. The molecule has 6 heteroatoms. The molecule has 0 N–H and O–H groups in total. The van der Waals surface area contributed by atoms with Crippen LogP contribution in [0.2, 0.25) is 0 Å². The van der Waals surface area contributed by atoms with Gasteiger partial charge in [-0.2, -0.15) is 0 Å². The molecule has 1 aliphatic heterocycles. The van der Waals surface area contributed by atoms with Crippen LogP contribution in [0.1, 0.15) is 22.9 Å². The number of likely N-dealkylation sites (tertiary alicyclic amines) is 1. The third-order valence-electron chi connectivity index (χ3n) is 4.46. The number of rotatable bonds is 4. The lowest BCUT2D eigenvalue weighted by molar-refractivity contribution is -0.135. The second-order valence-corrected chi connectivity index (χ2v) is 7.12. The molecule has 1 aromatic heterocycles. The van der Waals surface area contributed by atoms with Crippen LogP contribution in [0.3, 0.4) is 0 Å². The molecule has 24 heavy (non-hydrogen) atoms. The molecule has 2 heterocycles. The Balaban J connectivity index is 1.82. The Morgan fingerprint density at radius 2 is 2.04 bits per heavy atom. The second kappa shape index (κ2) is 6.73. The fraction of sp³-hybridized carbons (Fsp3) is 0.333. The van der Waals surface area contributed by atoms with E-state index in [4.69, 9.17) is 0 Å². The summed E-state index contributed by atoms with van der Waals surface area (Å²) in [6.07, 6.45) is 0.187. The summed E-state index contributed by atoms with van der Waals surface area (Å²) < 4.78 is 13.2. The maximum atomic E-state index is 13.2. The highest BCUT2D eigenvalue weighted by molar-refractivity contribution is 7.09. The van der Waals surface area contributed by atoms with Crippen molar-refractivity contribution in [3.63, 3.8) is 0 Å². The molecule has 2 aromatic rings. The Morgan fingerprint density at radius 1 is 1.33 bits per heavy atom. The van der Waals surface area contributed by atoms with Crippen molar-refractivity contribution in [3.8, 4) is 0 Å². The number of hydrogen-bond donors (Lipinski definition) is 0. The van der Waals surface area contributed by atoms with E-state index < -0.39 is 5.92 Å². The monoisotopic (exact) mass is 346 g/mol. The van der Waals surface area contributed by atoms with Gasteiger partial charge in [0.05, 0.1) is 18.5 Å². The first kappa shape index (κ1) is 16.6. The normalized spacial score (nSPS) is 20.5. The first-order chi connectivity index (χ1) is 11.5. The lowest BCUT2D eigenvalue weighted by Gasteiger charge is -2.27. The molecule has 2 unspecified atom stereocenters. The summed E-state index contributed by atoms with van der Waals surface area (Å²) >= 11 is 1.60. The smallest absolute Gasteiger partial charge is 0.228 e. The lowest BCUT2D eigenvalue weighted by Crippen LogP contribution is -2.35. The molecular formula is C18H19FN2O2S. The van der Waals surface area contributed by atoms with Gasteiger partial charge in [0, 0.05) is 25.4 Å². The third kappa shape index (κ3) is 3.19. The Labute approximate surface area is 144 Å². The highest BCUT2D eigenvalue weighted by Crippen LogP contribution is 2.38. The molecule has 1 aliphatic rings. The Morgan fingerprint density at radius 3 is 2.67 bits per heavy atom. The fourth-order valence-electron chi connectivity index (χ4n) is 3.20. The number of hydrogen-bond acceptors (Lipinski definition) is 3. The first-order valence-electron chi connectivity index (χ1n) is 7.76. The first-order valence-corrected chi connectivity index (χ1v) is 8.64. The van der Waals surface area contributed by atoms with Crippen LogP contribution >= 0.6 is 11.3 Å². The summed E-state index contributed by atoms with van der Waals surface area (Å²) in [6.45, 7) is 0.529. The van der Waals surface area contributed by atoms with Crippen LogP contribution in [0.4, 0.5) is 4.39 Å². The van der Waals surface area contributed by atoms with E-state index in [0.29, 0.717) is 6.54 Å². The zero-order valence-electron chi connectivity index (χ0n) is 13.6. The predicted octanol–water partition coefficient (Wildman–Crippen LogP) is 3.07. The minimum atomic E-state index is -0.446. The van der Waals surface area contributed by atoms with E-state index in [2.05, 4.69) is 0 Å². The average Bonchev–Trinajstić information content (AvgIpc) is 3.17. The minimum absolute atomic E-state index is 0.0598. The van der Waals surface area contributed by atoms with Crippen molar-refractivity contribution in [1.82, 2.24) is 9.80 Å². The zero-order valence-corrected chi connectivity index (χ0v) is 14.4. The molecule has 0 aliphatic carbocycles. The molecule has 1 saturated heterocycles. The number of carbonyl (C=O) groups is 2. The van der Waals surface area contributed by atoms with Crippen LogP contribution in [-0.4, -0.2) is 35.7 Å². The number of thiophene rings is 1. The van der Waals surface area contributed by atoms with Crippen LogP contribution in [0.15, 0.2) is 41.8 Å². The molecule has 2 amide bonds. The van der Waals surface area contributed by atoms with Gasteiger partial charge in [-0.15, -0.1) is 11.3 Å². The molecule has 1 aromatic carbocycles. The maximum absolute atomic E-state index is 13.2. The van der Waals surface area contributed by atoms with Crippen LogP contribution in [0.5, 0.6) is 0 Å². The van der Waals surface area contributed by atoms with Gasteiger partial charge in [0.15, 0.2) is 0 Å². The number of benzene rings is 1. The van der Waals surface area contributed by atoms with Crippen molar-refractivity contribution in [2.75, 3.05) is 14.1 Å². The largest absolute Gasteiger partial charge is 0.340 e. The zero-order chi connectivity index (χ0) is 17.3. The van der Waals surface area contributed by atoms with Crippen molar-refractivity contribution >= 4 is 23.2 Å². The van der Waals surface area contributed by atoms with Crippen LogP contribution < -0.4 is 0 Å². The van der Waals surface area contributed by atoms with Crippen LogP contribution in [0, 0.1) is 11.7 Å². The van der Waals surface area contributed by atoms with E-state index >= 15 is 0 Å². The molecule has 2 atom stereocenters. The summed E-state index contributed by atoms with van der Waals surface area (Å²) in [5.41, 5.74) is 0.785. The van der Waals surface area contributed by atoms with E-state index in [9.17, 15) is 14.0 Å². The minimum Gasteiger partial charge on any atom is -0.340 e. The standard InChI is InChI=1S/C18H19FN2O2S/c1-20(11-14-4-3-9-24-14)18(23)15-10-16(22)21(2)17(15)12-5-7-13(19)8-6-12/h3-9,15,17H,10-11H2,1-2H3. The Bertz CT molecular complexity index is 730. The van der Waals surface area contributed by atoms with Crippen LogP contribution in [0.25, 0.3) is 0 Å². The van der Waals surface area contributed by atoms with E-state index in [1.54, 1.807) is 47.4 Å². The maximum Gasteiger partial charge on any atom is 0.228 e. The number of carbonyl (C=O) groups excluding carboxylic acids is 2. The van der Waals surface area contributed by atoms with Gasteiger partial charge in [0.1, 0.15) is 5.82 Å². The van der Waals surface area contributed by atoms with Gasteiger partial charge in [0.25, 0.3) is 0 Å². The topological polar surface area (TPSA) is 40.6 Å². The quantitative estimate of drug-likeness (QED) is 0.854. The van der Waals surface area contributed by atoms with E-state index in [1.807, 2.05) is 17.5 Å². The van der Waals surface area contributed by atoms with Crippen molar-refractivity contribution in [3.05, 3.63) is 58.0 Å².